The van der Waals surface area contributed by atoms with E-state index in [1.165, 1.54) is 7.11 Å². The molecule has 2 aromatic heterocycles. The molecule has 1 N–H and O–H groups in total. The summed E-state index contributed by atoms with van der Waals surface area (Å²) < 4.78 is 12.4. The van der Waals surface area contributed by atoms with Crippen LogP contribution in [0, 0.1) is 0 Å². The fraction of sp³-hybridized carbons (Fsp3) is 0.0800. The molecule has 0 saturated heterocycles. The van der Waals surface area contributed by atoms with E-state index in [0.717, 1.165) is 27.6 Å². The van der Waals surface area contributed by atoms with Crippen molar-refractivity contribution in [3.8, 4) is 11.5 Å². The molecule has 32 heavy (non-hydrogen) atoms. The highest BCUT2D eigenvalue weighted by atomic mass is 16.5. The number of fused-ring (bicyclic) bond motifs is 2. The fourth-order valence-electron chi connectivity index (χ4n) is 3.70. The Labute approximate surface area is 183 Å². The predicted molar refractivity (Wildman–Crippen MR) is 121 cm³/mol. The van der Waals surface area contributed by atoms with E-state index in [9.17, 15) is 9.59 Å². The number of anilines is 1. The van der Waals surface area contributed by atoms with Crippen molar-refractivity contribution in [2.45, 2.75) is 6.54 Å². The van der Waals surface area contributed by atoms with Gasteiger partial charge in [-0.15, -0.1) is 0 Å². The second-order valence-corrected chi connectivity index (χ2v) is 7.29. The smallest absolute Gasteiger partial charge is 0.340 e. The topological polar surface area (TPSA) is 86.4 Å². The molecule has 2 heterocycles. The van der Waals surface area contributed by atoms with Gasteiger partial charge in [0.1, 0.15) is 12.1 Å². The Morgan fingerprint density at radius 1 is 1.00 bits per heavy atom. The summed E-state index contributed by atoms with van der Waals surface area (Å²) in [6.07, 6.45) is 1.65. The van der Waals surface area contributed by atoms with Gasteiger partial charge < -0.3 is 19.0 Å². The van der Waals surface area contributed by atoms with Gasteiger partial charge in [-0.25, -0.2) is 9.78 Å². The van der Waals surface area contributed by atoms with Crippen LogP contribution in [0.15, 0.2) is 83.4 Å². The number of aromatic nitrogens is 2. The van der Waals surface area contributed by atoms with E-state index in [-0.39, 0.29) is 12.5 Å². The first-order valence-corrected chi connectivity index (χ1v) is 10.0. The van der Waals surface area contributed by atoms with Crippen LogP contribution >= 0.6 is 0 Å². The van der Waals surface area contributed by atoms with Crippen molar-refractivity contribution in [3.05, 3.63) is 84.6 Å². The van der Waals surface area contributed by atoms with Gasteiger partial charge in [0.05, 0.1) is 12.7 Å². The molecule has 0 atom stereocenters. The number of benzene rings is 3. The van der Waals surface area contributed by atoms with Crippen molar-refractivity contribution in [2.24, 2.45) is 0 Å². The Kier molecular flexibility index (Phi) is 4.91. The number of hydrogen-bond acceptors (Lipinski definition) is 5. The Morgan fingerprint density at radius 2 is 1.75 bits per heavy atom. The summed E-state index contributed by atoms with van der Waals surface area (Å²) in [6, 6.07) is 22.3. The standard InChI is InChI=1S/C25H19N3O4/c1-31-25(30)19-14-28(21-8-4-2-6-18(19)21)15-23(29)26-17-12-10-16(11-13-17)24-27-20-7-3-5-9-22(20)32-24/h2-14H,15H2,1H3,(H,26,29). The Morgan fingerprint density at radius 3 is 2.53 bits per heavy atom. The van der Waals surface area contributed by atoms with Crippen LogP contribution in [0.3, 0.4) is 0 Å². The Bertz CT molecular complexity index is 1410. The molecular formula is C25H19N3O4. The first kappa shape index (κ1) is 19.6. The van der Waals surface area contributed by atoms with Crippen LogP contribution in [-0.2, 0) is 16.1 Å². The number of amides is 1. The maximum atomic E-state index is 12.7. The number of nitrogens with one attached hydrogen (secondary N) is 1. The van der Waals surface area contributed by atoms with E-state index in [1.54, 1.807) is 22.9 Å². The molecule has 0 spiro atoms. The number of methoxy groups -OCH3 is 1. The van der Waals surface area contributed by atoms with Crippen LogP contribution in [0.25, 0.3) is 33.5 Å². The van der Waals surface area contributed by atoms with Gasteiger partial charge in [0.25, 0.3) is 0 Å². The number of carbonyl (C=O) groups is 2. The zero-order valence-electron chi connectivity index (χ0n) is 17.2. The normalized spacial score (nSPS) is 11.0. The number of ether oxygens (including phenoxy) is 1. The van der Waals surface area contributed by atoms with E-state index in [0.29, 0.717) is 17.1 Å². The Balaban J connectivity index is 1.33. The second-order valence-electron chi connectivity index (χ2n) is 7.29. The molecule has 0 saturated carbocycles. The summed E-state index contributed by atoms with van der Waals surface area (Å²) in [4.78, 5) is 29.2. The molecule has 0 aliphatic rings. The molecule has 1 amide bonds. The summed E-state index contributed by atoms with van der Waals surface area (Å²) in [6.45, 7) is 0.0599. The van der Waals surface area contributed by atoms with Crippen LogP contribution in [-0.4, -0.2) is 28.5 Å². The first-order chi connectivity index (χ1) is 15.6. The van der Waals surface area contributed by atoms with Crippen molar-refractivity contribution >= 4 is 39.6 Å². The van der Waals surface area contributed by atoms with Gasteiger partial charge in [0.2, 0.25) is 11.8 Å². The SMILES string of the molecule is COC(=O)c1cn(CC(=O)Nc2ccc(-c3nc4ccccc4o3)cc2)c2ccccc12. The van der Waals surface area contributed by atoms with Gasteiger partial charge in [0.15, 0.2) is 5.58 Å². The van der Waals surface area contributed by atoms with Gasteiger partial charge in [-0.1, -0.05) is 30.3 Å². The van der Waals surface area contributed by atoms with Crippen LogP contribution in [0.2, 0.25) is 0 Å². The van der Waals surface area contributed by atoms with Crippen LogP contribution < -0.4 is 5.32 Å². The third-order valence-electron chi connectivity index (χ3n) is 5.22. The summed E-state index contributed by atoms with van der Waals surface area (Å²) >= 11 is 0. The quantitative estimate of drug-likeness (QED) is 0.406. The third-order valence-corrected chi connectivity index (χ3v) is 5.22. The molecule has 0 fully saturated rings. The van der Waals surface area contributed by atoms with Gasteiger partial charge in [-0.05, 0) is 42.5 Å². The van der Waals surface area contributed by atoms with E-state index >= 15 is 0 Å². The maximum Gasteiger partial charge on any atom is 0.340 e. The minimum absolute atomic E-state index is 0.0599. The van der Waals surface area contributed by atoms with Crippen LogP contribution in [0.1, 0.15) is 10.4 Å². The highest BCUT2D eigenvalue weighted by Crippen LogP contribution is 2.26. The lowest BCUT2D eigenvalue weighted by molar-refractivity contribution is -0.116. The predicted octanol–water partition coefficient (Wildman–Crippen LogP) is 4.87. The molecule has 7 nitrogen and oxygen atoms in total. The number of hydrogen-bond donors (Lipinski definition) is 1. The van der Waals surface area contributed by atoms with Gasteiger partial charge >= 0.3 is 5.97 Å². The summed E-state index contributed by atoms with van der Waals surface area (Å²) in [7, 11) is 1.34. The van der Waals surface area contributed by atoms with Crippen molar-refractivity contribution < 1.29 is 18.7 Å². The van der Waals surface area contributed by atoms with Crippen LogP contribution in [0.4, 0.5) is 5.69 Å². The maximum absolute atomic E-state index is 12.7. The van der Waals surface area contributed by atoms with Crippen molar-refractivity contribution in [1.29, 1.82) is 0 Å². The second kappa shape index (κ2) is 8.03. The average Bonchev–Trinajstić information content (AvgIpc) is 3.41. The number of nitrogens with zero attached hydrogens (tertiary/aromatic N) is 2. The number of para-hydroxylation sites is 3. The summed E-state index contributed by atoms with van der Waals surface area (Å²) in [5.74, 6) is -0.120. The van der Waals surface area contributed by atoms with E-state index in [1.807, 2.05) is 60.7 Å². The molecule has 158 valence electrons. The number of esters is 1. The molecule has 7 heteroatoms. The highest BCUT2D eigenvalue weighted by Gasteiger charge is 2.16. The largest absolute Gasteiger partial charge is 0.465 e. The van der Waals surface area contributed by atoms with Gasteiger partial charge in [-0.3, -0.25) is 4.79 Å². The minimum atomic E-state index is -0.435. The van der Waals surface area contributed by atoms with Crippen molar-refractivity contribution in [1.82, 2.24) is 9.55 Å². The van der Waals surface area contributed by atoms with E-state index < -0.39 is 5.97 Å². The van der Waals surface area contributed by atoms with Crippen molar-refractivity contribution in [2.75, 3.05) is 12.4 Å². The van der Waals surface area contributed by atoms with Gasteiger partial charge in [0, 0.05) is 28.4 Å². The molecule has 0 aliphatic carbocycles. The number of oxazole rings is 1. The lowest BCUT2D eigenvalue weighted by Crippen LogP contribution is -2.18. The Hall–Kier alpha value is -4.39. The van der Waals surface area contributed by atoms with Crippen molar-refractivity contribution in [3.63, 3.8) is 0 Å². The molecule has 0 radical (unpaired) electrons. The zero-order chi connectivity index (χ0) is 22.1. The highest BCUT2D eigenvalue weighted by molar-refractivity contribution is 6.05. The molecule has 3 aromatic carbocycles. The zero-order valence-corrected chi connectivity index (χ0v) is 17.2. The number of rotatable bonds is 5. The lowest BCUT2D eigenvalue weighted by atomic mass is 10.2. The molecule has 0 aliphatic heterocycles. The summed E-state index contributed by atoms with van der Waals surface area (Å²) in [5, 5.41) is 3.63. The third kappa shape index (κ3) is 3.60. The summed E-state index contributed by atoms with van der Waals surface area (Å²) in [5.41, 5.74) is 4.21. The molecule has 0 bridgehead atoms. The molecule has 0 unspecified atom stereocenters. The molecular weight excluding hydrogens is 406 g/mol. The molecule has 5 rings (SSSR count). The average molecular weight is 425 g/mol. The number of carbonyl (C=O) groups excluding carboxylic acids is 2. The first-order valence-electron chi connectivity index (χ1n) is 10.0. The van der Waals surface area contributed by atoms with E-state index in [2.05, 4.69) is 10.3 Å². The fourth-order valence-corrected chi connectivity index (χ4v) is 3.70. The van der Waals surface area contributed by atoms with Crippen LogP contribution in [0.5, 0.6) is 0 Å². The minimum Gasteiger partial charge on any atom is -0.465 e. The lowest BCUT2D eigenvalue weighted by Gasteiger charge is -2.08. The van der Waals surface area contributed by atoms with Gasteiger partial charge in [-0.2, -0.15) is 0 Å². The van der Waals surface area contributed by atoms with E-state index in [4.69, 9.17) is 9.15 Å². The monoisotopic (exact) mass is 425 g/mol. The molecule has 5 aromatic rings.